The lowest BCUT2D eigenvalue weighted by Gasteiger charge is -2.37. The van der Waals surface area contributed by atoms with Crippen LogP contribution < -0.4 is 0 Å². The molecule has 1 saturated heterocycles. The van der Waals surface area contributed by atoms with Gasteiger partial charge in [0.2, 0.25) is 5.91 Å². The third-order valence-electron chi connectivity index (χ3n) is 2.50. The van der Waals surface area contributed by atoms with Gasteiger partial charge in [0.15, 0.2) is 5.78 Å². The molecule has 0 aromatic carbocycles. The van der Waals surface area contributed by atoms with Gasteiger partial charge < -0.3 is 9.64 Å². The van der Waals surface area contributed by atoms with E-state index in [1.807, 2.05) is 6.08 Å². The summed E-state index contributed by atoms with van der Waals surface area (Å²) in [6, 6.07) is -0.581. The van der Waals surface area contributed by atoms with Crippen molar-refractivity contribution in [3.8, 4) is 0 Å². The van der Waals surface area contributed by atoms with Crippen LogP contribution in [0.5, 0.6) is 0 Å². The smallest absolute Gasteiger partial charge is 0.333 e. The van der Waals surface area contributed by atoms with Crippen LogP contribution in [0, 0.1) is 0 Å². The lowest BCUT2D eigenvalue weighted by atomic mass is 10.0. The van der Waals surface area contributed by atoms with E-state index in [2.05, 4.69) is 0 Å². The highest BCUT2D eigenvalue weighted by atomic mass is 16.5. The molecule has 2 aliphatic heterocycles. The Balaban J connectivity index is 1.94. The lowest BCUT2D eigenvalue weighted by Crippen LogP contribution is -2.55. The molecule has 0 N–H and O–H groups in total. The number of carbonyl (C=O) groups excluding carboxylic acids is 3. The molecule has 2 rings (SSSR count). The normalized spacial score (nSPS) is 27.3. The fraction of sp³-hybridized carbons (Fsp3) is 0.500. The zero-order valence-corrected chi connectivity index (χ0v) is 8.30. The Bertz CT molecular complexity index is 360. The van der Waals surface area contributed by atoms with Gasteiger partial charge in [-0.05, 0) is 6.92 Å². The van der Waals surface area contributed by atoms with Gasteiger partial charge in [0, 0.05) is 0 Å². The molecule has 15 heavy (non-hydrogen) atoms. The first-order valence-electron chi connectivity index (χ1n) is 4.75. The van der Waals surface area contributed by atoms with Crippen molar-refractivity contribution in [2.45, 2.75) is 25.4 Å². The minimum Gasteiger partial charge on any atom is -0.456 e. The first kappa shape index (κ1) is 9.89. The van der Waals surface area contributed by atoms with Gasteiger partial charge in [-0.1, -0.05) is 12.2 Å². The molecule has 5 nitrogen and oxygen atoms in total. The van der Waals surface area contributed by atoms with Crippen LogP contribution in [0.15, 0.2) is 12.2 Å². The number of ether oxygens (including phenoxy) is 1. The van der Waals surface area contributed by atoms with Gasteiger partial charge >= 0.3 is 5.97 Å². The van der Waals surface area contributed by atoms with Gasteiger partial charge in [-0.3, -0.25) is 9.59 Å². The Morgan fingerprint density at radius 2 is 2.27 bits per heavy atom. The highest BCUT2D eigenvalue weighted by molar-refractivity contribution is 5.93. The summed E-state index contributed by atoms with van der Waals surface area (Å²) >= 11 is 0. The zero-order chi connectivity index (χ0) is 11.0. The third kappa shape index (κ3) is 1.65. The summed E-state index contributed by atoms with van der Waals surface area (Å²) in [7, 11) is 0. The van der Waals surface area contributed by atoms with E-state index in [0.29, 0.717) is 6.42 Å². The van der Waals surface area contributed by atoms with Crippen molar-refractivity contribution in [1.82, 2.24) is 4.90 Å². The predicted molar refractivity (Wildman–Crippen MR) is 49.8 cm³/mol. The van der Waals surface area contributed by atoms with E-state index < -0.39 is 12.0 Å². The molecule has 80 valence electrons. The van der Waals surface area contributed by atoms with Gasteiger partial charge in [0.05, 0.1) is 12.5 Å². The first-order valence-corrected chi connectivity index (χ1v) is 4.75. The van der Waals surface area contributed by atoms with E-state index in [1.54, 1.807) is 6.08 Å². The topological polar surface area (TPSA) is 63.7 Å². The quantitative estimate of drug-likeness (QED) is 0.362. The van der Waals surface area contributed by atoms with Crippen molar-refractivity contribution in [3.63, 3.8) is 0 Å². The van der Waals surface area contributed by atoms with Crippen molar-refractivity contribution in [2.75, 3.05) is 6.61 Å². The summed E-state index contributed by atoms with van der Waals surface area (Å²) in [5, 5.41) is 0. The van der Waals surface area contributed by atoms with Crippen LogP contribution in [0.4, 0.5) is 0 Å². The molecule has 0 bridgehead atoms. The van der Waals surface area contributed by atoms with Gasteiger partial charge in [0.25, 0.3) is 0 Å². The number of carbonyl (C=O) groups is 3. The van der Waals surface area contributed by atoms with Crippen LogP contribution in [0.1, 0.15) is 13.3 Å². The number of fused-ring (bicyclic) bond motifs is 1. The highest BCUT2D eigenvalue weighted by Crippen LogP contribution is 2.29. The van der Waals surface area contributed by atoms with Crippen molar-refractivity contribution in [1.29, 1.82) is 0 Å². The minimum atomic E-state index is -0.629. The van der Waals surface area contributed by atoms with Gasteiger partial charge in [-0.2, -0.15) is 0 Å². The number of hydrogen-bond acceptors (Lipinski definition) is 4. The molecule has 2 atom stereocenters. The van der Waals surface area contributed by atoms with Gasteiger partial charge in [-0.25, -0.2) is 4.79 Å². The van der Waals surface area contributed by atoms with Crippen molar-refractivity contribution >= 4 is 17.7 Å². The lowest BCUT2D eigenvalue weighted by molar-refractivity contribution is -0.160. The Morgan fingerprint density at radius 1 is 1.53 bits per heavy atom. The highest BCUT2D eigenvalue weighted by Gasteiger charge is 2.45. The maximum atomic E-state index is 11.5. The number of hydrogen-bond donors (Lipinski definition) is 0. The molecule has 1 fully saturated rings. The minimum absolute atomic E-state index is 0.0465. The van der Waals surface area contributed by atoms with Crippen LogP contribution >= 0.6 is 0 Å². The summed E-state index contributed by atoms with van der Waals surface area (Å²) in [5.74, 6) is -0.788. The van der Waals surface area contributed by atoms with E-state index in [0.717, 1.165) is 0 Å². The third-order valence-corrected chi connectivity index (χ3v) is 2.50. The number of rotatable bonds is 3. The van der Waals surface area contributed by atoms with Crippen LogP contribution in [0.2, 0.25) is 0 Å². The van der Waals surface area contributed by atoms with E-state index in [9.17, 15) is 14.4 Å². The average Bonchev–Trinajstić information content (AvgIpc) is 2.51. The summed E-state index contributed by atoms with van der Waals surface area (Å²) in [6.07, 6.45) is 3.94. The molecule has 0 aromatic heterocycles. The van der Waals surface area contributed by atoms with E-state index in [4.69, 9.17) is 4.74 Å². The summed E-state index contributed by atoms with van der Waals surface area (Å²) in [5.41, 5.74) is 0. The fourth-order valence-corrected chi connectivity index (χ4v) is 1.75. The number of esters is 1. The number of Topliss-reactive ketones (excluding diaryl/α,β-unsaturated/α-hetero) is 1. The molecule has 2 heterocycles. The van der Waals surface area contributed by atoms with Crippen molar-refractivity contribution in [3.05, 3.63) is 12.2 Å². The van der Waals surface area contributed by atoms with Gasteiger partial charge in [0.1, 0.15) is 12.6 Å². The SMILES string of the molecule is CC(=O)COC(=O)C1C=CC2CC(=O)N21. The number of β-lactam (4-membered cyclic amide) rings is 1. The van der Waals surface area contributed by atoms with Crippen LogP contribution in [-0.4, -0.2) is 41.3 Å². The fourth-order valence-electron chi connectivity index (χ4n) is 1.75. The van der Waals surface area contributed by atoms with E-state index in [1.165, 1.54) is 11.8 Å². The van der Waals surface area contributed by atoms with Gasteiger partial charge in [-0.15, -0.1) is 0 Å². The molecular formula is C10H11NO4. The standard InChI is InChI=1S/C10H11NO4/c1-6(12)5-15-10(14)8-3-2-7-4-9(13)11(7)8/h2-3,7-8H,4-5H2,1H3. The Kier molecular flexibility index (Phi) is 2.30. The predicted octanol–water partition coefficient (Wildman–Crippen LogP) is -0.342. The number of nitrogens with zero attached hydrogens (tertiary/aromatic N) is 1. The number of ketones is 1. The molecular weight excluding hydrogens is 198 g/mol. The Morgan fingerprint density at radius 3 is 2.87 bits per heavy atom. The van der Waals surface area contributed by atoms with Crippen molar-refractivity contribution < 1.29 is 19.1 Å². The summed E-state index contributed by atoms with van der Waals surface area (Å²) in [4.78, 5) is 34.7. The van der Waals surface area contributed by atoms with Crippen molar-refractivity contribution in [2.24, 2.45) is 0 Å². The second kappa shape index (κ2) is 3.49. The molecule has 0 aliphatic carbocycles. The Hall–Kier alpha value is -1.65. The molecule has 0 radical (unpaired) electrons. The second-order valence-corrected chi connectivity index (χ2v) is 3.71. The largest absolute Gasteiger partial charge is 0.456 e. The summed E-state index contributed by atoms with van der Waals surface area (Å²) in [6.45, 7) is 1.12. The molecule has 0 spiro atoms. The average molecular weight is 209 g/mol. The number of amides is 1. The van der Waals surface area contributed by atoms with E-state index >= 15 is 0 Å². The molecule has 0 aromatic rings. The first-order chi connectivity index (χ1) is 7.09. The maximum Gasteiger partial charge on any atom is 0.333 e. The maximum absolute atomic E-state index is 11.5. The van der Waals surface area contributed by atoms with E-state index in [-0.39, 0.29) is 24.3 Å². The van der Waals surface area contributed by atoms with Crippen LogP contribution in [0.25, 0.3) is 0 Å². The molecule has 2 unspecified atom stereocenters. The Labute approximate surface area is 86.7 Å². The molecule has 0 saturated carbocycles. The second-order valence-electron chi connectivity index (χ2n) is 3.71. The zero-order valence-electron chi connectivity index (χ0n) is 8.30. The molecule has 5 heteroatoms. The monoisotopic (exact) mass is 209 g/mol. The molecule has 1 amide bonds. The summed E-state index contributed by atoms with van der Waals surface area (Å²) < 4.78 is 4.75. The van der Waals surface area contributed by atoms with Crippen LogP contribution in [-0.2, 0) is 19.1 Å². The van der Waals surface area contributed by atoms with Crippen LogP contribution in [0.3, 0.4) is 0 Å². The molecule has 2 aliphatic rings.